The smallest absolute Gasteiger partial charge is 0.818 e. The van der Waals surface area contributed by atoms with E-state index in [-0.39, 0.29) is 67.8 Å². The molecule has 0 aromatic heterocycles. The number of hydrogen-bond acceptors (Lipinski definition) is 4. The Morgan fingerprint density at radius 2 is 1.87 bits per heavy atom. The number of benzene rings is 1. The van der Waals surface area contributed by atoms with Crippen LogP contribution < -0.4 is 56.5 Å². The van der Waals surface area contributed by atoms with E-state index >= 15 is 0 Å². The molecule has 15 heavy (non-hydrogen) atoms. The number of sulfonamides is 1. The first-order valence-electron chi connectivity index (χ1n) is 3.43. The molecule has 4 nitrogen and oxygen atoms in total. The van der Waals surface area contributed by atoms with E-state index in [1.165, 1.54) is 12.1 Å². The topological polar surface area (TPSA) is 69.6 Å². The molecule has 0 aliphatic heterocycles. The summed E-state index contributed by atoms with van der Waals surface area (Å²) in [7, 11) is -3.75. The quantitative estimate of drug-likeness (QED) is 0.337. The van der Waals surface area contributed by atoms with E-state index in [9.17, 15) is 13.5 Å². The summed E-state index contributed by atoms with van der Waals surface area (Å²) in [6, 6.07) is 7.62. The predicted molar refractivity (Wildman–Crippen MR) is 56.0 cm³/mol. The Balaban J connectivity index is 0.00000196. The molecule has 0 atom stereocenters. The first kappa shape index (κ1) is 15.7. The second-order valence-electron chi connectivity index (χ2n) is 2.20. The molecule has 0 heterocycles. The molecular weight excluding hydrogens is 281 g/mol. The fourth-order valence-electron chi connectivity index (χ4n) is 0.715. The fraction of sp³-hybridized carbons (Fsp3) is 0. The molecule has 0 saturated carbocycles. The Bertz CT molecular complexity index is 458. The number of nitrogens with zero attached hydrogens (tertiary/aromatic N) is 1. The Labute approximate surface area is 140 Å². The van der Waals surface area contributed by atoms with Crippen molar-refractivity contribution in [2.45, 2.75) is 4.90 Å². The number of rotatable bonds is 2. The minimum Gasteiger partial charge on any atom is -0.818 e. The van der Waals surface area contributed by atoms with Crippen molar-refractivity contribution >= 4 is 38.2 Å². The summed E-state index contributed by atoms with van der Waals surface area (Å²) in [4.78, 5) is 0.0451. The van der Waals surface area contributed by atoms with Crippen molar-refractivity contribution < 1.29 is 64.9 Å². The summed E-state index contributed by atoms with van der Waals surface area (Å²) >= 11 is 4.41. The average molecular weight is 286 g/mol. The molecule has 0 radical (unpaired) electrons. The molecule has 1 aromatic carbocycles. The molecule has 0 saturated heterocycles. The molecular formula is C7H5KNO3S3+. The first-order chi connectivity index (χ1) is 6.52. The van der Waals surface area contributed by atoms with Crippen LogP contribution in [0.1, 0.15) is 0 Å². The zero-order chi connectivity index (χ0) is 10.6. The van der Waals surface area contributed by atoms with Crippen LogP contribution in [0.5, 0.6) is 0 Å². The summed E-state index contributed by atoms with van der Waals surface area (Å²) in [5.74, 6) is 0. The van der Waals surface area contributed by atoms with Crippen LogP contribution in [-0.2, 0) is 21.6 Å². The second-order valence-corrected chi connectivity index (χ2v) is 5.40. The standard InChI is InChI=1S/C7H5NO3S3.K/c9-7(12)13-8-14(10,11)6-4-2-1-3-5-6;/h1-5H;/q;+1. The van der Waals surface area contributed by atoms with Gasteiger partial charge in [0.1, 0.15) is 3.77 Å². The van der Waals surface area contributed by atoms with E-state index in [2.05, 4.69) is 16.0 Å². The van der Waals surface area contributed by atoms with Crippen LogP contribution in [0.25, 0.3) is 0 Å². The molecule has 0 aliphatic carbocycles. The van der Waals surface area contributed by atoms with Crippen molar-refractivity contribution in [2.75, 3.05) is 0 Å². The van der Waals surface area contributed by atoms with Gasteiger partial charge in [0.15, 0.2) is 0 Å². The average Bonchev–Trinajstić information content (AvgIpc) is 2.16. The fourth-order valence-corrected chi connectivity index (χ4v) is 2.47. The molecule has 74 valence electrons. The van der Waals surface area contributed by atoms with Crippen LogP contribution in [-0.4, -0.2) is 12.8 Å². The van der Waals surface area contributed by atoms with E-state index in [1.54, 1.807) is 18.2 Å². The summed E-state index contributed by atoms with van der Waals surface area (Å²) in [5.41, 5.74) is 0. The molecule has 0 bridgehead atoms. The molecule has 8 heteroatoms. The van der Waals surface area contributed by atoms with Gasteiger partial charge in [0.05, 0.1) is 4.90 Å². The SMILES string of the molecule is O=S(=O)(N=[S+]C([O-])=S)c1ccccc1.[K+]. The largest absolute Gasteiger partial charge is 1.00 e. The third kappa shape index (κ3) is 5.54. The molecule has 0 N–H and O–H groups in total. The van der Waals surface area contributed by atoms with Gasteiger partial charge in [-0.2, -0.15) is 8.42 Å². The monoisotopic (exact) mass is 286 g/mol. The minimum absolute atomic E-state index is 0. The maximum absolute atomic E-state index is 11.4. The van der Waals surface area contributed by atoms with Crippen molar-refractivity contribution in [3.63, 3.8) is 0 Å². The summed E-state index contributed by atoms with van der Waals surface area (Å²) < 4.78 is 25.1. The van der Waals surface area contributed by atoms with Gasteiger partial charge in [-0.3, -0.25) is 0 Å². The van der Waals surface area contributed by atoms with Crippen LogP contribution in [0.3, 0.4) is 0 Å². The van der Waals surface area contributed by atoms with Gasteiger partial charge >= 0.3 is 73.0 Å². The molecule has 0 spiro atoms. The van der Waals surface area contributed by atoms with Crippen LogP contribution >= 0.6 is 12.2 Å². The van der Waals surface area contributed by atoms with Gasteiger partial charge in [-0.05, 0) is 24.4 Å². The predicted octanol–water partition coefficient (Wildman–Crippen LogP) is -2.71. The van der Waals surface area contributed by atoms with E-state index in [0.29, 0.717) is 0 Å². The van der Waals surface area contributed by atoms with E-state index in [4.69, 9.17) is 0 Å². The van der Waals surface area contributed by atoms with Gasteiger partial charge in [0, 0.05) is 0 Å². The van der Waals surface area contributed by atoms with Crippen molar-refractivity contribution in [2.24, 2.45) is 3.77 Å². The maximum Gasteiger partial charge on any atom is 1.00 e. The van der Waals surface area contributed by atoms with E-state index in [1.807, 2.05) is 0 Å². The third-order valence-corrected chi connectivity index (χ3v) is 3.57. The molecule has 1 rings (SSSR count). The maximum atomic E-state index is 11.4. The van der Waals surface area contributed by atoms with Crippen LogP contribution in [0.15, 0.2) is 39.0 Å². The van der Waals surface area contributed by atoms with Gasteiger partial charge in [-0.15, -0.1) is 0 Å². The molecule has 0 fully saturated rings. The zero-order valence-electron chi connectivity index (χ0n) is 7.78. The van der Waals surface area contributed by atoms with Crippen LogP contribution in [0, 0.1) is 0 Å². The number of thiocarbonyl (C=S) groups is 1. The third-order valence-electron chi connectivity index (χ3n) is 1.25. The summed E-state index contributed by atoms with van der Waals surface area (Å²) in [6.07, 6.45) is 0. The first-order valence-corrected chi connectivity index (χ1v) is 6.05. The van der Waals surface area contributed by atoms with E-state index in [0.717, 1.165) is 0 Å². The summed E-state index contributed by atoms with van der Waals surface area (Å²) in [5, 5.41) is 10.3. The van der Waals surface area contributed by atoms with Crippen LogP contribution in [0.4, 0.5) is 0 Å². The van der Waals surface area contributed by atoms with Crippen molar-refractivity contribution in [3.8, 4) is 0 Å². The van der Waals surface area contributed by atoms with E-state index < -0.39 is 14.4 Å². The van der Waals surface area contributed by atoms with Crippen molar-refractivity contribution in [3.05, 3.63) is 30.3 Å². The zero-order valence-corrected chi connectivity index (χ0v) is 13.4. The Hall–Kier alpha value is 0.716. The van der Waals surface area contributed by atoms with Gasteiger partial charge < -0.3 is 5.11 Å². The molecule has 1 aromatic rings. The minimum atomic E-state index is -3.75. The van der Waals surface area contributed by atoms with Crippen LogP contribution in [0.2, 0.25) is 0 Å². The summed E-state index contributed by atoms with van der Waals surface area (Å²) in [6.45, 7) is 0. The Morgan fingerprint density at radius 3 is 2.33 bits per heavy atom. The second kappa shape index (κ2) is 7.12. The molecule has 0 unspecified atom stereocenters. The van der Waals surface area contributed by atoms with Gasteiger partial charge in [-0.25, -0.2) is 0 Å². The normalized spacial score (nSPS) is 10.9. The molecule has 0 aliphatic rings. The van der Waals surface area contributed by atoms with Crippen molar-refractivity contribution in [1.82, 2.24) is 0 Å². The van der Waals surface area contributed by atoms with Gasteiger partial charge in [0.25, 0.3) is 4.38 Å². The number of hydrogen-bond donors (Lipinski definition) is 0. The van der Waals surface area contributed by atoms with Gasteiger partial charge in [0.2, 0.25) is 0 Å². The van der Waals surface area contributed by atoms with Gasteiger partial charge in [-0.1, -0.05) is 18.2 Å². The molecule has 0 amide bonds. The van der Waals surface area contributed by atoms with Crippen molar-refractivity contribution in [1.29, 1.82) is 0 Å². The Morgan fingerprint density at radius 1 is 1.33 bits per heavy atom. The Kier molecular flexibility index (Phi) is 7.46.